The lowest BCUT2D eigenvalue weighted by Crippen LogP contribution is -2.13. The van der Waals surface area contributed by atoms with Gasteiger partial charge in [0.2, 0.25) is 0 Å². The molecule has 0 bridgehead atoms. The molecule has 1 heterocycles. The van der Waals surface area contributed by atoms with E-state index < -0.39 is 12.1 Å². The number of nitrogens with zero attached hydrogens (tertiary/aromatic N) is 1. The third kappa shape index (κ3) is 4.44. The fourth-order valence-corrected chi connectivity index (χ4v) is 1.96. The molecule has 0 amide bonds. The van der Waals surface area contributed by atoms with Gasteiger partial charge in [-0.15, -0.1) is 0 Å². The predicted molar refractivity (Wildman–Crippen MR) is 85.1 cm³/mol. The summed E-state index contributed by atoms with van der Waals surface area (Å²) < 4.78 is 4.88. The van der Waals surface area contributed by atoms with E-state index in [4.69, 9.17) is 16.3 Å². The first-order valence-electron chi connectivity index (χ1n) is 6.90. The molecular weight excluding hydrogens is 304 g/mol. The number of carbonyl (C=O) groups excluding carboxylic acids is 1. The fraction of sp³-hybridized carbons (Fsp3) is 0.250. The van der Waals surface area contributed by atoms with E-state index in [1.54, 1.807) is 43.3 Å². The Labute approximate surface area is 133 Å². The number of rotatable bonds is 6. The summed E-state index contributed by atoms with van der Waals surface area (Å²) in [5.41, 5.74) is 1.16. The normalized spacial score (nSPS) is 11.8. The van der Waals surface area contributed by atoms with Gasteiger partial charge in [-0.2, -0.15) is 0 Å². The van der Waals surface area contributed by atoms with E-state index in [1.807, 2.05) is 0 Å². The van der Waals surface area contributed by atoms with Crippen LogP contribution < -0.4 is 5.32 Å². The molecular formula is C16H17ClN2O3. The summed E-state index contributed by atoms with van der Waals surface area (Å²) in [6.45, 7) is 2.37. The number of esters is 1. The van der Waals surface area contributed by atoms with Crippen LogP contribution in [-0.2, 0) is 4.74 Å². The molecule has 2 N–H and O–H groups in total. The van der Waals surface area contributed by atoms with Gasteiger partial charge in [0.05, 0.1) is 18.3 Å². The van der Waals surface area contributed by atoms with Crippen LogP contribution in [0.5, 0.6) is 0 Å². The lowest BCUT2D eigenvalue weighted by atomic mass is 10.1. The van der Waals surface area contributed by atoms with Gasteiger partial charge in [-0.05, 0) is 36.8 Å². The Hall–Kier alpha value is -2.11. The van der Waals surface area contributed by atoms with Crippen molar-refractivity contribution in [1.82, 2.24) is 4.98 Å². The summed E-state index contributed by atoms with van der Waals surface area (Å²) in [5.74, 6) is 0.170. The molecule has 6 heteroatoms. The number of pyridine rings is 1. The van der Waals surface area contributed by atoms with Crippen molar-refractivity contribution >= 4 is 23.4 Å². The molecule has 2 rings (SSSR count). The van der Waals surface area contributed by atoms with Crippen LogP contribution in [0.1, 0.15) is 28.9 Å². The van der Waals surface area contributed by atoms with E-state index in [0.29, 0.717) is 29.6 Å². The van der Waals surface area contributed by atoms with Gasteiger partial charge in [0.25, 0.3) is 0 Å². The zero-order valence-corrected chi connectivity index (χ0v) is 12.9. The molecule has 1 atom stereocenters. The summed E-state index contributed by atoms with van der Waals surface area (Å²) in [6.07, 6.45) is 0.762. The molecule has 0 fully saturated rings. The summed E-state index contributed by atoms with van der Waals surface area (Å²) >= 11 is 5.81. The SMILES string of the molecule is CCOC(=O)c1ccc(NCC(O)c2ccc(Cl)cc2)nc1. The molecule has 0 aliphatic carbocycles. The molecule has 116 valence electrons. The Morgan fingerprint density at radius 1 is 1.32 bits per heavy atom. The van der Waals surface area contributed by atoms with Gasteiger partial charge < -0.3 is 15.2 Å². The number of aliphatic hydroxyl groups is 1. The first-order valence-corrected chi connectivity index (χ1v) is 7.28. The van der Waals surface area contributed by atoms with Gasteiger partial charge in [-0.1, -0.05) is 23.7 Å². The van der Waals surface area contributed by atoms with Gasteiger partial charge in [0.1, 0.15) is 5.82 Å². The van der Waals surface area contributed by atoms with Gasteiger partial charge in [-0.25, -0.2) is 9.78 Å². The largest absolute Gasteiger partial charge is 0.462 e. The van der Waals surface area contributed by atoms with Crippen molar-refractivity contribution in [1.29, 1.82) is 0 Å². The van der Waals surface area contributed by atoms with Crippen molar-refractivity contribution in [2.45, 2.75) is 13.0 Å². The zero-order valence-electron chi connectivity index (χ0n) is 12.1. The van der Waals surface area contributed by atoms with Crippen LogP contribution in [0.2, 0.25) is 5.02 Å². The minimum Gasteiger partial charge on any atom is -0.462 e. The quantitative estimate of drug-likeness (QED) is 0.800. The van der Waals surface area contributed by atoms with E-state index in [1.165, 1.54) is 6.20 Å². The smallest absolute Gasteiger partial charge is 0.339 e. The predicted octanol–water partition coefficient (Wildman–Crippen LogP) is 3.06. The van der Waals surface area contributed by atoms with Crippen molar-refractivity contribution in [3.05, 3.63) is 58.7 Å². The first-order chi connectivity index (χ1) is 10.6. The molecule has 0 saturated heterocycles. The topological polar surface area (TPSA) is 71.5 Å². The number of ether oxygens (including phenoxy) is 1. The zero-order chi connectivity index (χ0) is 15.9. The third-order valence-electron chi connectivity index (χ3n) is 3.01. The molecule has 0 radical (unpaired) electrons. The number of benzene rings is 1. The van der Waals surface area contributed by atoms with E-state index >= 15 is 0 Å². The Kier molecular flexibility index (Phi) is 5.75. The Morgan fingerprint density at radius 3 is 2.64 bits per heavy atom. The minimum atomic E-state index is -0.677. The summed E-state index contributed by atoms with van der Waals surface area (Å²) in [7, 11) is 0. The number of halogens is 1. The highest BCUT2D eigenvalue weighted by atomic mass is 35.5. The second-order valence-corrected chi connectivity index (χ2v) is 5.04. The fourth-order valence-electron chi connectivity index (χ4n) is 1.84. The second-order valence-electron chi connectivity index (χ2n) is 4.60. The van der Waals surface area contributed by atoms with Crippen molar-refractivity contribution in [2.24, 2.45) is 0 Å². The number of aromatic nitrogens is 1. The molecule has 22 heavy (non-hydrogen) atoms. The molecule has 2 aromatic rings. The average molecular weight is 321 g/mol. The maximum Gasteiger partial charge on any atom is 0.339 e. The molecule has 1 aromatic heterocycles. The molecule has 0 aliphatic rings. The van der Waals surface area contributed by atoms with Crippen LogP contribution in [0.4, 0.5) is 5.82 Å². The van der Waals surface area contributed by atoms with E-state index in [2.05, 4.69) is 10.3 Å². The maximum absolute atomic E-state index is 11.5. The second kappa shape index (κ2) is 7.77. The van der Waals surface area contributed by atoms with Crippen LogP contribution in [-0.4, -0.2) is 29.2 Å². The summed E-state index contributed by atoms with van der Waals surface area (Å²) in [6, 6.07) is 10.3. The van der Waals surface area contributed by atoms with Gasteiger partial charge >= 0.3 is 5.97 Å². The van der Waals surface area contributed by atoms with E-state index in [0.717, 1.165) is 5.56 Å². The minimum absolute atomic E-state index is 0.299. The van der Waals surface area contributed by atoms with Gasteiger partial charge in [0.15, 0.2) is 0 Å². The number of aliphatic hydroxyl groups excluding tert-OH is 1. The lowest BCUT2D eigenvalue weighted by molar-refractivity contribution is 0.0526. The van der Waals surface area contributed by atoms with Crippen LogP contribution in [0, 0.1) is 0 Å². The van der Waals surface area contributed by atoms with Crippen molar-refractivity contribution in [2.75, 3.05) is 18.5 Å². The number of nitrogens with one attached hydrogen (secondary N) is 1. The maximum atomic E-state index is 11.5. The molecule has 0 aliphatic heterocycles. The highest BCUT2D eigenvalue weighted by Crippen LogP contribution is 2.17. The van der Waals surface area contributed by atoms with Crippen molar-refractivity contribution in [3.8, 4) is 0 Å². The summed E-state index contributed by atoms with van der Waals surface area (Å²) in [4.78, 5) is 15.6. The Bertz CT molecular complexity index is 614. The molecule has 1 unspecified atom stereocenters. The number of hydrogen-bond acceptors (Lipinski definition) is 5. The molecule has 0 spiro atoms. The molecule has 0 saturated carbocycles. The Balaban J connectivity index is 1.91. The third-order valence-corrected chi connectivity index (χ3v) is 3.26. The lowest BCUT2D eigenvalue weighted by Gasteiger charge is -2.13. The van der Waals surface area contributed by atoms with Crippen molar-refractivity contribution in [3.63, 3.8) is 0 Å². The first kappa shape index (κ1) is 16.3. The molecule has 1 aromatic carbocycles. The number of hydrogen-bond donors (Lipinski definition) is 2. The van der Waals surface area contributed by atoms with E-state index in [9.17, 15) is 9.90 Å². The highest BCUT2D eigenvalue weighted by Gasteiger charge is 2.09. The van der Waals surface area contributed by atoms with Crippen LogP contribution in [0.3, 0.4) is 0 Å². The summed E-state index contributed by atoms with van der Waals surface area (Å²) in [5, 5.41) is 13.7. The van der Waals surface area contributed by atoms with Gasteiger partial charge in [0, 0.05) is 17.8 Å². The Morgan fingerprint density at radius 2 is 2.05 bits per heavy atom. The van der Waals surface area contributed by atoms with Crippen LogP contribution in [0.15, 0.2) is 42.6 Å². The van der Waals surface area contributed by atoms with Crippen LogP contribution >= 0.6 is 11.6 Å². The van der Waals surface area contributed by atoms with Crippen LogP contribution in [0.25, 0.3) is 0 Å². The number of carbonyl (C=O) groups is 1. The standard InChI is InChI=1S/C16H17ClN2O3/c1-2-22-16(21)12-5-8-15(18-9-12)19-10-14(20)11-3-6-13(17)7-4-11/h3-9,14,20H,2,10H2,1H3,(H,18,19). The van der Waals surface area contributed by atoms with Crippen molar-refractivity contribution < 1.29 is 14.6 Å². The average Bonchev–Trinajstić information content (AvgIpc) is 2.54. The monoisotopic (exact) mass is 320 g/mol. The van der Waals surface area contributed by atoms with E-state index in [-0.39, 0.29) is 0 Å². The highest BCUT2D eigenvalue weighted by molar-refractivity contribution is 6.30. The van der Waals surface area contributed by atoms with Gasteiger partial charge in [-0.3, -0.25) is 0 Å². The molecule has 5 nitrogen and oxygen atoms in total. The number of anilines is 1.